The highest BCUT2D eigenvalue weighted by molar-refractivity contribution is 6.31. The third-order valence-corrected chi connectivity index (χ3v) is 7.39. The van der Waals surface area contributed by atoms with E-state index in [1.807, 2.05) is 6.07 Å². The zero-order valence-corrected chi connectivity index (χ0v) is 22.5. The van der Waals surface area contributed by atoms with Crippen molar-refractivity contribution in [1.29, 1.82) is 5.26 Å². The van der Waals surface area contributed by atoms with Crippen LogP contribution in [0.25, 0.3) is 27.9 Å². The summed E-state index contributed by atoms with van der Waals surface area (Å²) in [5, 5.41) is 50.0. The number of nitriles is 1. The van der Waals surface area contributed by atoms with Gasteiger partial charge in [-0.05, 0) is 40.6 Å². The second-order valence-electron chi connectivity index (χ2n) is 9.58. The van der Waals surface area contributed by atoms with Gasteiger partial charge in [0.25, 0.3) is 5.69 Å². The molecule has 13 nitrogen and oxygen atoms in total. The number of benzene rings is 1. The fourth-order valence-electron chi connectivity index (χ4n) is 5.00. The van der Waals surface area contributed by atoms with Crippen LogP contribution in [0.4, 0.5) is 4.39 Å². The van der Waals surface area contributed by atoms with Crippen molar-refractivity contribution in [2.45, 2.75) is 18.9 Å². The van der Waals surface area contributed by atoms with Crippen LogP contribution in [0.1, 0.15) is 30.3 Å². The SMILES string of the molecule is N#Cc1cc(-c2cnn(C(CN3CCCC3=O)c3ccc(-c4c(-n5cnnn5)ccc(Cl)c4F)c[n+]3[O-])c2)cc[n+]1[O-]. The van der Waals surface area contributed by atoms with Gasteiger partial charge < -0.3 is 15.3 Å². The zero-order valence-electron chi connectivity index (χ0n) is 21.7. The predicted octanol–water partition coefficient (Wildman–Crippen LogP) is 2.34. The van der Waals surface area contributed by atoms with Gasteiger partial charge in [-0.1, -0.05) is 11.6 Å². The van der Waals surface area contributed by atoms with E-state index in [2.05, 4.69) is 20.6 Å². The van der Waals surface area contributed by atoms with E-state index in [1.165, 1.54) is 35.5 Å². The van der Waals surface area contributed by atoms with Gasteiger partial charge in [0, 0.05) is 42.9 Å². The topological polar surface area (TPSA) is 159 Å². The first-order valence-electron chi connectivity index (χ1n) is 12.7. The van der Waals surface area contributed by atoms with E-state index in [0.717, 1.165) is 0 Å². The van der Waals surface area contributed by atoms with Crippen molar-refractivity contribution in [3.05, 3.63) is 100 Å². The molecule has 15 heteroatoms. The zero-order chi connectivity index (χ0) is 29.4. The summed E-state index contributed by atoms with van der Waals surface area (Å²) in [6, 6.07) is 10.2. The van der Waals surface area contributed by atoms with Crippen LogP contribution in [0.2, 0.25) is 5.02 Å². The van der Waals surface area contributed by atoms with Crippen LogP contribution in [0.3, 0.4) is 0 Å². The van der Waals surface area contributed by atoms with Gasteiger partial charge in [0.2, 0.25) is 11.6 Å². The summed E-state index contributed by atoms with van der Waals surface area (Å²) in [7, 11) is 0. The molecule has 1 aliphatic rings. The maximum atomic E-state index is 15.3. The fourth-order valence-corrected chi connectivity index (χ4v) is 5.16. The quantitative estimate of drug-likeness (QED) is 0.207. The summed E-state index contributed by atoms with van der Waals surface area (Å²) in [6.07, 6.45) is 8.10. The maximum Gasteiger partial charge on any atom is 0.295 e. The lowest BCUT2D eigenvalue weighted by Gasteiger charge is -2.23. The minimum atomic E-state index is -0.743. The van der Waals surface area contributed by atoms with E-state index in [1.54, 1.807) is 46.2 Å². The van der Waals surface area contributed by atoms with Crippen molar-refractivity contribution in [3.63, 3.8) is 0 Å². The molecule has 0 radical (unpaired) electrons. The van der Waals surface area contributed by atoms with Crippen LogP contribution in [-0.2, 0) is 4.79 Å². The molecule has 0 saturated carbocycles. The van der Waals surface area contributed by atoms with Gasteiger partial charge in [-0.2, -0.15) is 24.5 Å². The lowest BCUT2D eigenvalue weighted by molar-refractivity contribution is -0.615. The number of tetrazole rings is 1. The van der Waals surface area contributed by atoms with E-state index in [0.29, 0.717) is 40.0 Å². The van der Waals surface area contributed by atoms with E-state index in [9.17, 15) is 20.5 Å². The predicted molar refractivity (Wildman–Crippen MR) is 144 cm³/mol. The number of aromatic nitrogens is 8. The molecular weight excluding hydrogens is 567 g/mol. The number of rotatable bonds is 7. The largest absolute Gasteiger partial charge is 0.618 e. The monoisotopic (exact) mass is 586 g/mol. The Morgan fingerprint density at radius 1 is 1.14 bits per heavy atom. The summed E-state index contributed by atoms with van der Waals surface area (Å²) in [4.78, 5) is 14.2. The summed E-state index contributed by atoms with van der Waals surface area (Å²) in [5.74, 6) is -0.775. The fraction of sp³-hybridized carbons (Fsp3) is 0.185. The molecule has 5 aromatic rings. The van der Waals surface area contributed by atoms with Crippen molar-refractivity contribution >= 4 is 17.5 Å². The van der Waals surface area contributed by atoms with E-state index in [4.69, 9.17) is 11.6 Å². The molecule has 0 aliphatic carbocycles. The number of pyridine rings is 2. The average Bonchev–Trinajstić information content (AvgIpc) is 3.77. The summed E-state index contributed by atoms with van der Waals surface area (Å²) >= 11 is 6.08. The van der Waals surface area contributed by atoms with Crippen LogP contribution >= 0.6 is 11.6 Å². The Balaban J connectivity index is 1.42. The number of carbonyl (C=O) groups excluding carboxylic acids is 1. The molecule has 1 aliphatic heterocycles. The van der Waals surface area contributed by atoms with E-state index < -0.39 is 11.9 Å². The molecule has 1 atom stereocenters. The van der Waals surface area contributed by atoms with Gasteiger partial charge >= 0.3 is 0 Å². The molecule has 0 N–H and O–H groups in total. The Bertz CT molecular complexity index is 1850. The second kappa shape index (κ2) is 10.9. The Labute approximate surface area is 242 Å². The minimum absolute atomic E-state index is 0.0322. The second-order valence-corrected chi connectivity index (χ2v) is 9.99. The van der Waals surface area contributed by atoms with Gasteiger partial charge in [-0.3, -0.25) is 9.48 Å². The summed E-state index contributed by atoms with van der Waals surface area (Å²) < 4.78 is 19.2. The molecule has 0 spiro atoms. The van der Waals surface area contributed by atoms with Gasteiger partial charge in [-0.15, -0.1) is 5.10 Å². The van der Waals surface area contributed by atoms with E-state index in [-0.39, 0.29) is 45.7 Å². The lowest BCUT2D eigenvalue weighted by Crippen LogP contribution is -2.40. The first-order chi connectivity index (χ1) is 20.3. The van der Waals surface area contributed by atoms with Gasteiger partial charge in [0.1, 0.15) is 6.33 Å². The Morgan fingerprint density at radius 3 is 2.71 bits per heavy atom. The van der Waals surface area contributed by atoms with Crippen LogP contribution in [0.15, 0.2) is 67.5 Å². The third kappa shape index (κ3) is 4.86. The van der Waals surface area contributed by atoms with Crippen molar-refractivity contribution in [3.8, 4) is 34.0 Å². The van der Waals surface area contributed by atoms with E-state index >= 15 is 4.39 Å². The van der Waals surface area contributed by atoms with Gasteiger partial charge in [0.15, 0.2) is 30.3 Å². The molecular formula is C27H20ClFN10O3. The molecule has 1 amide bonds. The molecule has 4 aromatic heterocycles. The maximum absolute atomic E-state index is 15.3. The molecule has 1 aromatic carbocycles. The van der Waals surface area contributed by atoms with Crippen molar-refractivity contribution in [2.75, 3.05) is 13.1 Å². The first-order valence-corrected chi connectivity index (χ1v) is 13.1. The number of nitrogens with zero attached hydrogens (tertiary/aromatic N) is 10. The molecule has 42 heavy (non-hydrogen) atoms. The average molecular weight is 587 g/mol. The molecule has 6 rings (SSSR count). The Kier molecular flexibility index (Phi) is 6.93. The highest BCUT2D eigenvalue weighted by atomic mass is 35.5. The number of likely N-dealkylation sites (tertiary alicyclic amines) is 1. The smallest absolute Gasteiger partial charge is 0.295 e. The highest BCUT2D eigenvalue weighted by Crippen LogP contribution is 2.33. The normalized spacial score (nSPS) is 13.8. The van der Waals surface area contributed by atoms with Crippen LogP contribution in [-0.4, -0.2) is 53.9 Å². The Morgan fingerprint density at radius 2 is 2.00 bits per heavy atom. The molecule has 5 heterocycles. The number of hydrogen-bond donors (Lipinski definition) is 0. The molecule has 1 fully saturated rings. The number of halogens is 2. The Hall–Kier alpha value is -5.42. The van der Waals surface area contributed by atoms with Gasteiger partial charge in [0.05, 0.1) is 34.6 Å². The van der Waals surface area contributed by atoms with Crippen molar-refractivity contribution in [1.82, 2.24) is 34.9 Å². The molecule has 1 unspecified atom stereocenters. The third-order valence-electron chi connectivity index (χ3n) is 7.10. The van der Waals surface area contributed by atoms with Crippen LogP contribution in [0.5, 0.6) is 0 Å². The molecule has 210 valence electrons. The van der Waals surface area contributed by atoms with Crippen LogP contribution < -0.4 is 9.46 Å². The van der Waals surface area contributed by atoms with Crippen molar-refractivity contribution in [2.24, 2.45) is 0 Å². The first kappa shape index (κ1) is 26.8. The number of carbonyl (C=O) groups is 1. The van der Waals surface area contributed by atoms with Crippen LogP contribution in [0, 0.1) is 27.6 Å². The standard InChI is InChI=1S/C27H20ClFN10O3/c28-21-4-6-23(37-16-31-33-34-37)26(27(21)29)18-3-5-22(39(42)14-18)24(15-35-8-1-2-25(35)40)36-13-19(12-32-36)17-7-9-38(41)20(10-17)11-30/h3-7,9-10,12-14,16,24H,1-2,8,15H2. The summed E-state index contributed by atoms with van der Waals surface area (Å²) in [6.45, 7) is 0.707. The minimum Gasteiger partial charge on any atom is -0.618 e. The molecule has 0 bridgehead atoms. The molecule has 1 saturated heterocycles. The summed E-state index contributed by atoms with van der Waals surface area (Å²) in [5.41, 5.74) is 1.90. The van der Waals surface area contributed by atoms with Gasteiger partial charge in [-0.25, -0.2) is 4.39 Å². The van der Waals surface area contributed by atoms with Crippen molar-refractivity contribution < 1.29 is 18.6 Å². The number of amides is 1. The number of hydrogen-bond acceptors (Lipinski definition) is 8. The highest BCUT2D eigenvalue weighted by Gasteiger charge is 2.31. The lowest BCUT2D eigenvalue weighted by atomic mass is 10.0.